The number of benzene rings is 1. The van der Waals surface area contributed by atoms with Crippen LogP contribution in [0.5, 0.6) is 0 Å². The van der Waals surface area contributed by atoms with Crippen molar-refractivity contribution in [1.82, 2.24) is 15.1 Å². The lowest BCUT2D eigenvalue weighted by Gasteiger charge is -2.36. The van der Waals surface area contributed by atoms with E-state index in [-0.39, 0.29) is 36.6 Å². The maximum atomic E-state index is 12.8. The lowest BCUT2D eigenvalue weighted by Crippen LogP contribution is -2.50. The van der Waals surface area contributed by atoms with Gasteiger partial charge in [0.1, 0.15) is 0 Å². The number of piperazine rings is 1. The molecule has 1 aromatic carbocycles. The Morgan fingerprint density at radius 3 is 2.35 bits per heavy atom. The van der Waals surface area contributed by atoms with E-state index in [1.54, 1.807) is 6.07 Å². The molecule has 0 spiro atoms. The summed E-state index contributed by atoms with van der Waals surface area (Å²) in [5.41, 5.74) is 0.0304. The van der Waals surface area contributed by atoms with Gasteiger partial charge in [0.15, 0.2) is 0 Å². The number of nitrogens with one attached hydrogen (secondary N) is 1. The van der Waals surface area contributed by atoms with E-state index in [2.05, 4.69) is 10.2 Å². The third-order valence-corrected chi connectivity index (χ3v) is 4.28. The summed E-state index contributed by atoms with van der Waals surface area (Å²) in [5, 5.41) is 3.00. The zero-order chi connectivity index (χ0) is 17.7. The van der Waals surface area contributed by atoms with E-state index >= 15 is 0 Å². The fraction of sp³-hybridized carbons (Fsp3) is 0.588. The van der Waals surface area contributed by atoms with Gasteiger partial charge in [-0.15, -0.1) is 24.8 Å². The van der Waals surface area contributed by atoms with Crippen molar-refractivity contribution < 1.29 is 18.0 Å². The van der Waals surface area contributed by atoms with E-state index in [1.807, 2.05) is 18.9 Å². The molecule has 0 radical (unpaired) electrons. The van der Waals surface area contributed by atoms with Crippen LogP contribution in [0, 0.1) is 5.92 Å². The fourth-order valence-corrected chi connectivity index (χ4v) is 2.94. The Bertz CT molecular complexity index is 564. The minimum absolute atomic E-state index is 0. The molecule has 1 amide bonds. The summed E-state index contributed by atoms with van der Waals surface area (Å²) in [5.74, 6) is 0.0630. The molecule has 9 heteroatoms. The second-order valence-electron chi connectivity index (χ2n) is 6.26. The van der Waals surface area contributed by atoms with E-state index < -0.39 is 11.7 Å². The number of rotatable bonds is 5. The number of alkyl halides is 3. The summed E-state index contributed by atoms with van der Waals surface area (Å²) in [6.45, 7) is 5.59. The number of halogens is 5. The van der Waals surface area contributed by atoms with Crippen molar-refractivity contribution in [3.8, 4) is 0 Å². The summed E-state index contributed by atoms with van der Waals surface area (Å²) in [4.78, 5) is 16.2. The highest BCUT2D eigenvalue weighted by atomic mass is 35.5. The molecule has 0 bridgehead atoms. The first-order valence-electron chi connectivity index (χ1n) is 8.13. The van der Waals surface area contributed by atoms with Gasteiger partial charge in [0, 0.05) is 45.2 Å². The molecule has 2 rings (SSSR count). The molecule has 1 fully saturated rings. The van der Waals surface area contributed by atoms with Crippen molar-refractivity contribution in [2.75, 3.05) is 39.8 Å². The number of amides is 1. The topological polar surface area (TPSA) is 35.6 Å². The van der Waals surface area contributed by atoms with E-state index in [1.165, 1.54) is 12.1 Å². The summed E-state index contributed by atoms with van der Waals surface area (Å²) < 4.78 is 38.3. The highest BCUT2D eigenvalue weighted by molar-refractivity contribution is 5.85. The first kappa shape index (κ1) is 25.0. The van der Waals surface area contributed by atoms with Crippen molar-refractivity contribution in [3.63, 3.8) is 0 Å². The van der Waals surface area contributed by atoms with Crippen molar-refractivity contribution in [2.45, 2.75) is 19.6 Å². The predicted octanol–water partition coefficient (Wildman–Crippen LogP) is 3.05. The van der Waals surface area contributed by atoms with Gasteiger partial charge >= 0.3 is 6.18 Å². The predicted molar refractivity (Wildman–Crippen MR) is 101 cm³/mol. The molecule has 1 atom stereocenters. The Labute approximate surface area is 164 Å². The highest BCUT2D eigenvalue weighted by Gasteiger charge is 2.30. The minimum Gasteiger partial charge on any atom is -0.340 e. The molecule has 150 valence electrons. The molecule has 1 aliphatic heterocycles. The standard InChI is InChI=1S/C17H24F3N3O.2ClH/c1-13(11-21-2)16(24)23-8-6-22(7-9-23)12-14-4-3-5-15(10-14)17(18,19)20;;/h3-5,10,13,21H,6-9,11-12H2,1-2H3;2*1H. The zero-order valence-corrected chi connectivity index (χ0v) is 16.5. The van der Waals surface area contributed by atoms with E-state index in [0.717, 1.165) is 6.07 Å². The molecule has 1 aromatic rings. The van der Waals surface area contributed by atoms with Gasteiger partial charge < -0.3 is 10.2 Å². The molecule has 0 aromatic heterocycles. The average Bonchev–Trinajstić information content (AvgIpc) is 2.54. The van der Waals surface area contributed by atoms with Crippen LogP contribution in [0.3, 0.4) is 0 Å². The van der Waals surface area contributed by atoms with Gasteiger partial charge in [0.2, 0.25) is 5.91 Å². The Balaban J connectivity index is 0.00000312. The summed E-state index contributed by atoms with van der Waals surface area (Å²) in [7, 11) is 1.82. The van der Waals surface area contributed by atoms with E-state index in [4.69, 9.17) is 0 Å². The Morgan fingerprint density at radius 2 is 1.81 bits per heavy atom. The molecule has 26 heavy (non-hydrogen) atoms. The summed E-state index contributed by atoms with van der Waals surface area (Å²) in [6, 6.07) is 5.44. The van der Waals surface area contributed by atoms with Crippen LogP contribution in [0.4, 0.5) is 13.2 Å². The third-order valence-electron chi connectivity index (χ3n) is 4.28. The van der Waals surface area contributed by atoms with Crippen LogP contribution >= 0.6 is 24.8 Å². The quantitative estimate of drug-likeness (QED) is 0.802. The molecule has 0 aliphatic carbocycles. The lowest BCUT2D eigenvalue weighted by atomic mass is 10.1. The van der Waals surface area contributed by atoms with Crippen molar-refractivity contribution >= 4 is 30.7 Å². The average molecular weight is 416 g/mol. The monoisotopic (exact) mass is 415 g/mol. The molecule has 1 unspecified atom stereocenters. The molecular weight excluding hydrogens is 390 g/mol. The first-order valence-corrected chi connectivity index (χ1v) is 8.13. The van der Waals surface area contributed by atoms with Crippen LogP contribution in [0.1, 0.15) is 18.1 Å². The van der Waals surface area contributed by atoms with Gasteiger partial charge in [0.25, 0.3) is 0 Å². The van der Waals surface area contributed by atoms with Gasteiger partial charge in [-0.05, 0) is 18.7 Å². The first-order chi connectivity index (χ1) is 11.3. The second kappa shape index (κ2) is 11.0. The molecule has 0 saturated carbocycles. The summed E-state index contributed by atoms with van der Waals surface area (Å²) >= 11 is 0. The van der Waals surface area contributed by atoms with Crippen molar-refractivity contribution in [1.29, 1.82) is 0 Å². The molecule has 4 nitrogen and oxygen atoms in total. The van der Waals surface area contributed by atoms with Crippen LogP contribution in [0.25, 0.3) is 0 Å². The third kappa shape index (κ3) is 6.95. The number of hydrogen-bond donors (Lipinski definition) is 1. The van der Waals surface area contributed by atoms with E-state index in [9.17, 15) is 18.0 Å². The zero-order valence-electron chi connectivity index (χ0n) is 14.9. The second-order valence-corrected chi connectivity index (χ2v) is 6.26. The number of nitrogens with zero attached hydrogens (tertiary/aromatic N) is 2. The Hall–Kier alpha value is -1.02. The van der Waals surface area contributed by atoms with Crippen molar-refractivity contribution in [2.24, 2.45) is 5.92 Å². The molecular formula is C17H26Cl2F3N3O. The number of carbonyl (C=O) groups is 1. The fourth-order valence-electron chi connectivity index (χ4n) is 2.94. The van der Waals surface area contributed by atoms with Gasteiger partial charge in [-0.1, -0.05) is 25.1 Å². The van der Waals surface area contributed by atoms with Crippen LogP contribution in [0.2, 0.25) is 0 Å². The van der Waals surface area contributed by atoms with Crippen LogP contribution in [0.15, 0.2) is 24.3 Å². The summed E-state index contributed by atoms with van der Waals surface area (Å²) in [6.07, 6.45) is -4.31. The lowest BCUT2D eigenvalue weighted by molar-refractivity contribution is -0.138. The minimum atomic E-state index is -4.31. The van der Waals surface area contributed by atoms with E-state index in [0.29, 0.717) is 44.8 Å². The maximum Gasteiger partial charge on any atom is 0.416 e. The molecule has 1 saturated heterocycles. The van der Waals surface area contributed by atoms with Gasteiger partial charge in [-0.25, -0.2) is 0 Å². The van der Waals surface area contributed by atoms with Crippen LogP contribution < -0.4 is 5.32 Å². The van der Waals surface area contributed by atoms with Crippen LogP contribution in [-0.4, -0.2) is 55.5 Å². The Kier molecular flexibility index (Phi) is 10.5. The van der Waals surface area contributed by atoms with Gasteiger partial charge in [-0.2, -0.15) is 13.2 Å². The molecule has 1 aliphatic rings. The number of carbonyl (C=O) groups excluding carboxylic acids is 1. The van der Waals surface area contributed by atoms with Gasteiger partial charge in [-0.3, -0.25) is 9.69 Å². The SMILES string of the molecule is CNCC(C)C(=O)N1CCN(Cc2cccc(C(F)(F)F)c2)CC1.Cl.Cl. The smallest absolute Gasteiger partial charge is 0.340 e. The maximum absolute atomic E-state index is 12.8. The van der Waals surface area contributed by atoms with Crippen LogP contribution in [-0.2, 0) is 17.5 Å². The van der Waals surface area contributed by atoms with Crippen molar-refractivity contribution in [3.05, 3.63) is 35.4 Å². The number of hydrogen-bond acceptors (Lipinski definition) is 3. The Morgan fingerprint density at radius 1 is 1.19 bits per heavy atom. The highest BCUT2D eigenvalue weighted by Crippen LogP contribution is 2.29. The molecule has 1 N–H and O–H groups in total. The molecule has 1 heterocycles. The largest absolute Gasteiger partial charge is 0.416 e. The van der Waals surface area contributed by atoms with Gasteiger partial charge in [0.05, 0.1) is 5.56 Å². The normalized spacial score (nSPS) is 16.4.